The second-order valence-corrected chi connectivity index (χ2v) is 5.18. The molecule has 1 aromatic rings. The maximum absolute atomic E-state index is 12.4. The van der Waals surface area contributed by atoms with Gasteiger partial charge in [-0.15, -0.1) is 0 Å². The zero-order valence-electron chi connectivity index (χ0n) is 10.5. The van der Waals surface area contributed by atoms with Crippen LogP contribution in [-0.4, -0.2) is 36.1 Å². The molecule has 0 aromatic heterocycles. The Kier molecular flexibility index (Phi) is 2.98. The van der Waals surface area contributed by atoms with Crippen LogP contribution < -0.4 is 10.2 Å². The van der Waals surface area contributed by atoms with E-state index in [-0.39, 0.29) is 5.91 Å². The number of nitrogens with zero attached hydrogens (tertiary/aromatic N) is 1. The van der Waals surface area contributed by atoms with Crippen LogP contribution >= 0.6 is 0 Å². The van der Waals surface area contributed by atoms with Crippen LogP contribution in [0.5, 0.6) is 0 Å². The highest BCUT2D eigenvalue weighted by molar-refractivity contribution is 6.02. The summed E-state index contributed by atoms with van der Waals surface area (Å²) < 4.78 is 0. The van der Waals surface area contributed by atoms with Crippen molar-refractivity contribution in [2.24, 2.45) is 5.92 Å². The topological polar surface area (TPSA) is 69.6 Å². The Labute approximate surface area is 111 Å². The van der Waals surface area contributed by atoms with Crippen molar-refractivity contribution < 1.29 is 14.7 Å². The third-order valence-electron chi connectivity index (χ3n) is 3.86. The lowest BCUT2D eigenvalue weighted by molar-refractivity contribution is -0.140. The maximum atomic E-state index is 12.4. The molecule has 19 heavy (non-hydrogen) atoms. The number of carbonyl (C=O) groups excluding carboxylic acids is 1. The van der Waals surface area contributed by atoms with Crippen LogP contribution in [0.25, 0.3) is 0 Å². The molecule has 5 nitrogen and oxygen atoms in total. The largest absolute Gasteiger partial charge is 0.480 e. The number of amides is 1. The minimum Gasteiger partial charge on any atom is -0.480 e. The molecule has 0 bridgehead atoms. The van der Waals surface area contributed by atoms with E-state index in [1.54, 1.807) is 0 Å². The number of benzene rings is 1. The van der Waals surface area contributed by atoms with E-state index in [0.29, 0.717) is 18.8 Å². The van der Waals surface area contributed by atoms with Gasteiger partial charge in [-0.3, -0.25) is 9.69 Å². The maximum Gasteiger partial charge on any atom is 0.327 e. The molecule has 2 heterocycles. The number of hydrogen-bond acceptors (Lipinski definition) is 3. The lowest BCUT2D eigenvalue weighted by Gasteiger charge is -2.30. The molecule has 1 atom stereocenters. The Morgan fingerprint density at radius 1 is 1.32 bits per heavy atom. The van der Waals surface area contributed by atoms with Gasteiger partial charge in [-0.1, -0.05) is 18.2 Å². The van der Waals surface area contributed by atoms with E-state index in [9.17, 15) is 14.7 Å². The van der Waals surface area contributed by atoms with Crippen molar-refractivity contribution in [3.05, 3.63) is 29.8 Å². The fourth-order valence-electron chi connectivity index (χ4n) is 2.73. The molecule has 2 N–H and O–H groups in total. The van der Waals surface area contributed by atoms with Crippen molar-refractivity contribution in [1.82, 2.24) is 5.32 Å². The standard InChI is InChI=1S/C14H16N2O3/c17-13(5-9-7-15-8-9)16-11-4-2-1-3-10(11)6-12(16)14(18)19/h1-4,9,12,15H,5-8H2,(H,18,19)/t12-/m0/s1. The number of nitrogens with one attached hydrogen (secondary N) is 1. The molecule has 0 radical (unpaired) electrons. The van der Waals surface area contributed by atoms with E-state index in [2.05, 4.69) is 5.32 Å². The second kappa shape index (κ2) is 4.66. The Morgan fingerprint density at radius 2 is 2.05 bits per heavy atom. The molecule has 1 fully saturated rings. The molecule has 1 aromatic carbocycles. The predicted octanol–water partition coefficient (Wildman–Crippen LogP) is 0.638. The number of carbonyl (C=O) groups is 2. The van der Waals surface area contributed by atoms with E-state index in [1.807, 2.05) is 24.3 Å². The first-order valence-electron chi connectivity index (χ1n) is 6.50. The number of para-hydroxylation sites is 1. The SMILES string of the molecule is O=C(O)[C@@H]1Cc2ccccc2N1C(=O)CC1CNC1. The van der Waals surface area contributed by atoms with E-state index in [0.717, 1.165) is 24.3 Å². The molecule has 100 valence electrons. The molecule has 0 spiro atoms. The van der Waals surface area contributed by atoms with Crippen molar-refractivity contribution in [1.29, 1.82) is 0 Å². The molecule has 0 unspecified atom stereocenters. The van der Waals surface area contributed by atoms with Gasteiger partial charge in [0.25, 0.3) is 0 Å². The number of anilines is 1. The van der Waals surface area contributed by atoms with Crippen molar-refractivity contribution >= 4 is 17.6 Å². The summed E-state index contributed by atoms with van der Waals surface area (Å²) in [5, 5.41) is 12.4. The summed E-state index contributed by atoms with van der Waals surface area (Å²) in [4.78, 5) is 25.2. The molecule has 5 heteroatoms. The van der Waals surface area contributed by atoms with E-state index < -0.39 is 12.0 Å². The molecule has 2 aliphatic rings. The van der Waals surface area contributed by atoms with Gasteiger partial charge >= 0.3 is 5.97 Å². The summed E-state index contributed by atoms with van der Waals surface area (Å²) in [5.41, 5.74) is 1.70. The number of carboxylic acid groups (broad SMARTS) is 1. The average molecular weight is 260 g/mol. The van der Waals surface area contributed by atoms with Gasteiger partial charge in [0, 0.05) is 18.5 Å². The molecular weight excluding hydrogens is 244 g/mol. The molecule has 0 saturated carbocycles. The van der Waals surface area contributed by atoms with Crippen LogP contribution in [0.1, 0.15) is 12.0 Å². The zero-order chi connectivity index (χ0) is 13.4. The van der Waals surface area contributed by atoms with E-state index in [4.69, 9.17) is 0 Å². The number of aliphatic carboxylic acids is 1. The monoisotopic (exact) mass is 260 g/mol. The van der Waals surface area contributed by atoms with Crippen molar-refractivity contribution in [2.75, 3.05) is 18.0 Å². The lowest BCUT2D eigenvalue weighted by atomic mass is 9.98. The Hall–Kier alpha value is -1.88. The van der Waals surface area contributed by atoms with Crippen molar-refractivity contribution in [3.63, 3.8) is 0 Å². The Balaban J connectivity index is 1.86. The molecule has 1 saturated heterocycles. The van der Waals surface area contributed by atoms with Crippen LogP contribution in [0, 0.1) is 5.92 Å². The number of hydrogen-bond donors (Lipinski definition) is 2. The van der Waals surface area contributed by atoms with Gasteiger partial charge in [0.15, 0.2) is 0 Å². The minimum absolute atomic E-state index is 0.0798. The number of carboxylic acids is 1. The fraction of sp³-hybridized carbons (Fsp3) is 0.429. The van der Waals surface area contributed by atoms with Crippen molar-refractivity contribution in [2.45, 2.75) is 18.9 Å². The first-order chi connectivity index (χ1) is 9.16. The minimum atomic E-state index is -0.934. The summed E-state index contributed by atoms with van der Waals surface area (Å²) in [6, 6.07) is 6.69. The summed E-state index contributed by atoms with van der Waals surface area (Å²) in [6.45, 7) is 1.69. The normalized spacial score (nSPS) is 21.9. The average Bonchev–Trinajstić information content (AvgIpc) is 2.73. The van der Waals surface area contributed by atoms with Gasteiger partial charge in [-0.25, -0.2) is 4.79 Å². The lowest BCUT2D eigenvalue weighted by Crippen LogP contribution is -2.48. The molecule has 2 aliphatic heterocycles. The molecule has 1 amide bonds. The highest BCUT2D eigenvalue weighted by atomic mass is 16.4. The summed E-state index contributed by atoms with van der Waals surface area (Å²) in [5.74, 6) is -0.671. The van der Waals surface area contributed by atoms with Crippen LogP contribution in [0.4, 0.5) is 5.69 Å². The molecular formula is C14H16N2O3. The summed E-state index contributed by atoms with van der Waals surface area (Å²) in [7, 11) is 0. The van der Waals surface area contributed by atoms with Crippen LogP contribution in [-0.2, 0) is 16.0 Å². The van der Waals surface area contributed by atoms with Gasteiger partial charge in [0.05, 0.1) is 0 Å². The van der Waals surface area contributed by atoms with Gasteiger partial charge in [0.2, 0.25) is 5.91 Å². The first-order valence-corrected chi connectivity index (χ1v) is 6.50. The summed E-state index contributed by atoms with van der Waals surface area (Å²) in [6.07, 6.45) is 0.825. The first kappa shape index (κ1) is 12.2. The van der Waals surface area contributed by atoms with Crippen LogP contribution in [0.3, 0.4) is 0 Å². The Morgan fingerprint density at radius 3 is 2.68 bits per heavy atom. The zero-order valence-corrected chi connectivity index (χ0v) is 10.5. The molecule has 3 rings (SSSR count). The van der Waals surface area contributed by atoms with Gasteiger partial charge in [-0.05, 0) is 30.6 Å². The van der Waals surface area contributed by atoms with E-state index >= 15 is 0 Å². The Bertz CT molecular complexity index is 525. The third-order valence-corrected chi connectivity index (χ3v) is 3.86. The van der Waals surface area contributed by atoms with Crippen LogP contribution in [0.15, 0.2) is 24.3 Å². The number of rotatable bonds is 3. The molecule has 0 aliphatic carbocycles. The third kappa shape index (κ3) is 2.10. The quantitative estimate of drug-likeness (QED) is 0.836. The van der Waals surface area contributed by atoms with E-state index in [1.165, 1.54) is 4.90 Å². The highest BCUT2D eigenvalue weighted by Crippen LogP contribution is 2.33. The second-order valence-electron chi connectivity index (χ2n) is 5.18. The highest BCUT2D eigenvalue weighted by Gasteiger charge is 2.39. The predicted molar refractivity (Wildman–Crippen MR) is 70.0 cm³/mol. The van der Waals surface area contributed by atoms with Gasteiger partial charge in [0.1, 0.15) is 6.04 Å². The summed E-state index contributed by atoms with van der Waals surface area (Å²) >= 11 is 0. The fourth-order valence-corrected chi connectivity index (χ4v) is 2.73. The smallest absolute Gasteiger partial charge is 0.327 e. The van der Waals surface area contributed by atoms with Gasteiger partial charge < -0.3 is 10.4 Å². The van der Waals surface area contributed by atoms with Gasteiger partial charge in [-0.2, -0.15) is 0 Å². The number of fused-ring (bicyclic) bond motifs is 1. The van der Waals surface area contributed by atoms with Crippen molar-refractivity contribution in [3.8, 4) is 0 Å². The van der Waals surface area contributed by atoms with Crippen LogP contribution in [0.2, 0.25) is 0 Å².